The van der Waals surface area contributed by atoms with E-state index in [4.69, 9.17) is 4.74 Å². The first-order valence-electron chi connectivity index (χ1n) is 6.61. The largest absolute Gasteiger partial charge is 0.479 e. The highest BCUT2D eigenvalue weighted by atomic mass is 16.6. The Morgan fingerprint density at radius 1 is 1.29 bits per heavy atom. The first-order chi connectivity index (χ1) is 10.0. The number of carboxylic acids is 1. The van der Waals surface area contributed by atoms with Crippen LogP contribution in [-0.4, -0.2) is 27.6 Å². The number of hydrogen-bond acceptors (Lipinski definition) is 3. The average Bonchev–Trinajstić information content (AvgIpc) is 2.69. The molecular formula is C16H17NO4. The van der Waals surface area contributed by atoms with Crippen LogP contribution in [-0.2, 0) is 16.1 Å². The molecule has 0 unspecified atom stereocenters. The molecule has 110 valence electrons. The second-order valence-corrected chi connectivity index (χ2v) is 4.96. The van der Waals surface area contributed by atoms with E-state index in [1.807, 2.05) is 30.3 Å². The van der Waals surface area contributed by atoms with Crippen LogP contribution >= 0.6 is 0 Å². The maximum atomic E-state index is 12.2. The van der Waals surface area contributed by atoms with Gasteiger partial charge in [-0.15, -0.1) is 0 Å². The zero-order chi connectivity index (χ0) is 15.3. The van der Waals surface area contributed by atoms with Crippen molar-refractivity contribution >= 4 is 12.1 Å². The van der Waals surface area contributed by atoms with Gasteiger partial charge in [-0.05, 0) is 25.0 Å². The van der Waals surface area contributed by atoms with E-state index in [2.05, 4.69) is 0 Å². The van der Waals surface area contributed by atoms with E-state index in [-0.39, 0.29) is 13.0 Å². The molecule has 5 heteroatoms. The van der Waals surface area contributed by atoms with Gasteiger partial charge in [-0.1, -0.05) is 42.5 Å². The lowest BCUT2D eigenvalue weighted by Crippen LogP contribution is -2.52. The van der Waals surface area contributed by atoms with Gasteiger partial charge in [0.25, 0.3) is 0 Å². The first kappa shape index (κ1) is 14.8. The van der Waals surface area contributed by atoms with Crippen LogP contribution in [0.2, 0.25) is 0 Å². The van der Waals surface area contributed by atoms with Crippen molar-refractivity contribution in [2.75, 3.05) is 0 Å². The fraction of sp³-hybridized carbons (Fsp3) is 0.250. The number of amides is 1. The molecule has 0 fully saturated rings. The van der Waals surface area contributed by atoms with Gasteiger partial charge in [0.05, 0.1) is 0 Å². The summed E-state index contributed by atoms with van der Waals surface area (Å²) in [5.74, 6) is -1.07. The normalized spacial score (nSPS) is 20.9. The maximum absolute atomic E-state index is 12.2. The van der Waals surface area contributed by atoms with Crippen molar-refractivity contribution in [3.05, 3.63) is 60.3 Å². The van der Waals surface area contributed by atoms with Crippen LogP contribution in [0.4, 0.5) is 4.79 Å². The monoisotopic (exact) mass is 287 g/mol. The number of carbonyl (C=O) groups is 2. The summed E-state index contributed by atoms with van der Waals surface area (Å²) in [6.07, 6.45) is 6.03. The molecule has 0 radical (unpaired) electrons. The summed E-state index contributed by atoms with van der Waals surface area (Å²) in [7, 11) is 0. The minimum atomic E-state index is -1.35. The Hall–Kier alpha value is -2.56. The number of carboxylic acid groups (broad SMARTS) is 1. The van der Waals surface area contributed by atoms with Crippen LogP contribution in [0.1, 0.15) is 18.9 Å². The summed E-state index contributed by atoms with van der Waals surface area (Å²) in [6.45, 7) is 1.60. The van der Waals surface area contributed by atoms with Gasteiger partial charge in [0, 0.05) is 6.20 Å². The summed E-state index contributed by atoms with van der Waals surface area (Å²) in [5.41, 5.74) is -0.503. The molecule has 1 aromatic carbocycles. The fourth-order valence-electron chi connectivity index (χ4n) is 2.02. The fourth-order valence-corrected chi connectivity index (χ4v) is 2.02. The van der Waals surface area contributed by atoms with Crippen molar-refractivity contribution in [3.8, 4) is 0 Å². The smallest absolute Gasteiger partial charge is 0.415 e. The van der Waals surface area contributed by atoms with Crippen molar-refractivity contribution in [2.24, 2.45) is 0 Å². The van der Waals surface area contributed by atoms with Gasteiger partial charge in [0.15, 0.2) is 0 Å². The molecule has 0 saturated carbocycles. The highest BCUT2D eigenvalue weighted by Crippen LogP contribution is 2.25. The van der Waals surface area contributed by atoms with Crippen LogP contribution < -0.4 is 0 Å². The number of rotatable bonds is 3. The van der Waals surface area contributed by atoms with Gasteiger partial charge < -0.3 is 9.84 Å². The number of allylic oxidation sites excluding steroid dienone is 2. The molecule has 1 atom stereocenters. The Morgan fingerprint density at radius 3 is 2.67 bits per heavy atom. The Morgan fingerprint density at radius 2 is 2.00 bits per heavy atom. The van der Waals surface area contributed by atoms with E-state index < -0.39 is 17.6 Å². The van der Waals surface area contributed by atoms with Crippen LogP contribution in [0.5, 0.6) is 0 Å². The second-order valence-electron chi connectivity index (χ2n) is 4.96. The van der Waals surface area contributed by atoms with Crippen LogP contribution in [0, 0.1) is 0 Å². The lowest BCUT2D eigenvalue weighted by atomic mass is 9.96. The molecular weight excluding hydrogens is 270 g/mol. The third kappa shape index (κ3) is 3.31. The Kier molecular flexibility index (Phi) is 4.42. The average molecular weight is 287 g/mol. The molecule has 0 aromatic heterocycles. The molecule has 1 aliphatic heterocycles. The molecule has 1 amide bonds. The van der Waals surface area contributed by atoms with E-state index in [0.717, 1.165) is 10.5 Å². The van der Waals surface area contributed by atoms with Gasteiger partial charge in [-0.3, -0.25) is 4.90 Å². The topological polar surface area (TPSA) is 66.8 Å². The molecule has 21 heavy (non-hydrogen) atoms. The van der Waals surface area contributed by atoms with Crippen molar-refractivity contribution in [2.45, 2.75) is 25.5 Å². The van der Waals surface area contributed by atoms with Crippen molar-refractivity contribution in [1.29, 1.82) is 0 Å². The summed E-state index contributed by atoms with van der Waals surface area (Å²) >= 11 is 0. The first-order valence-corrected chi connectivity index (χ1v) is 6.61. The molecule has 5 nitrogen and oxygen atoms in total. The summed E-state index contributed by atoms with van der Waals surface area (Å²) < 4.78 is 5.21. The number of carbonyl (C=O) groups excluding carboxylic acids is 1. The number of benzene rings is 1. The van der Waals surface area contributed by atoms with E-state index in [1.165, 1.54) is 13.1 Å². The number of aliphatic carboxylic acids is 1. The SMILES string of the molecule is C[C@@]1(C(=O)O)CC=CC=CN1C(=O)OCc1ccccc1. The summed E-state index contributed by atoms with van der Waals surface area (Å²) in [5, 5.41) is 9.41. The van der Waals surface area contributed by atoms with Crippen molar-refractivity contribution in [1.82, 2.24) is 4.90 Å². The van der Waals surface area contributed by atoms with Crippen LogP contribution in [0.15, 0.2) is 54.8 Å². The molecule has 0 aliphatic carbocycles. The Bertz CT molecular complexity index is 579. The molecule has 0 bridgehead atoms. The Labute approximate surface area is 123 Å². The van der Waals surface area contributed by atoms with Gasteiger partial charge in [-0.2, -0.15) is 0 Å². The third-order valence-electron chi connectivity index (χ3n) is 3.39. The zero-order valence-electron chi connectivity index (χ0n) is 11.7. The second kappa shape index (κ2) is 6.26. The predicted octanol–water partition coefficient (Wildman–Crippen LogP) is 2.94. The molecule has 1 heterocycles. The highest BCUT2D eigenvalue weighted by Gasteiger charge is 2.42. The highest BCUT2D eigenvalue weighted by molar-refractivity contribution is 5.85. The number of hydrogen-bond donors (Lipinski definition) is 1. The quantitative estimate of drug-likeness (QED) is 0.928. The molecule has 0 spiro atoms. The van der Waals surface area contributed by atoms with E-state index >= 15 is 0 Å². The van der Waals surface area contributed by atoms with Gasteiger partial charge in [0.2, 0.25) is 0 Å². The van der Waals surface area contributed by atoms with Crippen LogP contribution in [0.25, 0.3) is 0 Å². The minimum absolute atomic E-state index is 0.104. The molecule has 1 N–H and O–H groups in total. The summed E-state index contributed by atoms with van der Waals surface area (Å²) in [6, 6.07) is 9.24. The van der Waals surface area contributed by atoms with Crippen molar-refractivity contribution < 1.29 is 19.4 Å². The zero-order valence-corrected chi connectivity index (χ0v) is 11.7. The lowest BCUT2D eigenvalue weighted by molar-refractivity contribution is -0.147. The van der Waals surface area contributed by atoms with E-state index in [1.54, 1.807) is 18.2 Å². The van der Waals surface area contributed by atoms with Crippen LogP contribution in [0.3, 0.4) is 0 Å². The lowest BCUT2D eigenvalue weighted by Gasteiger charge is -2.33. The number of ether oxygens (including phenoxy) is 1. The Balaban J connectivity index is 2.10. The molecule has 0 saturated heterocycles. The van der Waals surface area contributed by atoms with Gasteiger partial charge >= 0.3 is 12.1 Å². The van der Waals surface area contributed by atoms with E-state index in [0.29, 0.717) is 0 Å². The third-order valence-corrected chi connectivity index (χ3v) is 3.39. The molecule has 1 aromatic rings. The van der Waals surface area contributed by atoms with Gasteiger partial charge in [0.1, 0.15) is 12.1 Å². The molecule has 2 rings (SSSR count). The molecule has 1 aliphatic rings. The maximum Gasteiger partial charge on any atom is 0.415 e. The standard InChI is InChI=1S/C16H17NO4/c1-16(14(18)19)10-6-3-7-11-17(16)15(20)21-12-13-8-4-2-5-9-13/h2-9,11H,10,12H2,1H3,(H,18,19)/t16-/m0/s1. The van der Waals surface area contributed by atoms with Crippen molar-refractivity contribution in [3.63, 3.8) is 0 Å². The number of nitrogens with zero attached hydrogens (tertiary/aromatic N) is 1. The minimum Gasteiger partial charge on any atom is -0.479 e. The van der Waals surface area contributed by atoms with E-state index in [9.17, 15) is 14.7 Å². The predicted molar refractivity (Wildman–Crippen MR) is 77.4 cm³/mol. The summed E-state index contributed by atoms with van der Waals surface area (Å²) in [4.78, 5) is 24.8. The van der Waals surface area contributed by atoms with Gasteiger partial charge in [-0.25, -0.2) is 9.59 Å².